The molecule has 1 amide bonds. The van der Waals surface area contributed by atoms with Gasteiger partial charge in [-0.2, -0.15) is 0 Å². The number of carbonyl (C=O) groups excluding carboxylic acids is 2. The molecule has 0 spiro atoms. The van der Waals surface area contributed by atoms with Gasteiger partial charge in [0.05, 0.1) is 5.92 Å². The normalized spacial score (nSPS) is 13.4. The fraction of sp³-hybridized carbons (Fsp3) is 0.429. The topological polar surface area (TPSA) is 81.4 Å². The first-order chi connectivity index (χ1) is 8.95. The molecule has 1 aromatic rings. The van der Waals surface area contributed by atoms with Crippen LogP contribution in [0.5, 0.6) is 0 Å². The summed E-state index contributed by atoms with van der Waals surface area (Å²) in [4.78, 5) is 23.4. The number of anilines is 1. The first-order valence-electron chi connectivity index (χ1n) is 6.29. The van der Waals surface area contributed by atoms with Gasteiger partial charge in [0, 0.05) is 12.2 Å². The number of benzene rings is 1. The van der Waals surface area contributed by atoms with E-state index >= 15 is 0 Å². The third-order valence-electron chi connectivity index (χ3n) is 2.78. The van der Waals surface area contributed by atoms with Gasteiger partial charge in [0.1, 0.15) is 0 Å². The lowest BCUT2D eigenvalue weighted by atomic mass is 10.0. The number of esters is 1. The maximum Gasteiger partial charge on any atom is 0.313 e. The Kier molecular flexibility index (Phi) is 5.36. The van der Waals surface area contributed by atoms with E-state index < -0.39 is 18.0 Å². The van der Waals surface area contributed by atoms with Crippen molar-refractivity contribution in [2.45, 2.75) is 32.8 Å². The fourth-order valence-corrected chi connectivity index (χ4v) is 1.61. The molecule has 0 bridgehead atoms. The minimum atomic E-state index is -0.795. The van der Waals surface area contributed by atoms with Crippen LogP contribution in [0.1, 0.15) is 32.3 Å². The van der Waals surface area contributed by atoms with Gasteiger partial charge in [-0.1, -0.05) is 12.1 Å². The minimum absolute atomic E-state index is 0.296. The second-order valence-corrected chi connectivity index (χ2v) is 4.37. The van der Waals surface area contributed by atoms with Crippen molar-refractivity contribution in [3.63, 3.8) is 0 Å². The van der Waals surface area contributed by atoms with E-state index in [4.69, 9.17) is 10.5 Å². The third-order valence-corrected chi connectivity index (χ3v) is 2.78. The average Bonchev–Trinajstić information content (AvgIpc) is 2.37. The number of hydrogen-bond donors (Lipinski definition) is 2. The van der Waals surface area contributed by atoms with E-state index in [1.807, 2.05) is 6.92 Å². The highest BCUT2D eigenvalue weighted by Crippen LogP contribution is 2.19. The lowest BCUT2D eigenvalue weighted by Gasteiger charge is -2.16. The van der Waals surface area contributed by atoms with Crippen molar-refractivity contribution in [2.75, 3.05) is 12.3 Å². The molecule has 0 fully saturated rings. The van der Waals surface area contributed by atoms with Crippen LogP contribution >= 0.6 is 0 Å². The van der Waals surface area contributed by atoms with E-state index in [0.717, 1.165) is 5.56 Å². The first kappa shape index (κ1) is 15.0. The number of nitrogens with two attached hydrogens (primary N) is 1. The average molecular weight is 264 g/mol. The smallest absolute Gasteiger partial charge is 0.313 e. The Morgan fingerprint density at radius 3 is 2.63 bits per heavy atom. The molecule has 3 N–H and O–H groups in total. The Morgan fingerprint density at radius 1 is 1.37 bits per heavy atom. The van der Waals surface area contributed by atoms with Crippen molar-refractivity contribution in [3.8, 4) is 0 Å². The summed E-state index contributed by atoms with van der Waals surface area (Å²) < 4.78 is 5.13. The Bertz CT molecular complexity index is 460. The van der Waals surface area contributed by atoms with Crippen LogP contribution in [0, 0.1) is 0 Å². The van der Waals surface area contributed by atoms with Crippen LogP contribution in [-0.4, -0.2) is 24.5 Å². The summed E-state index contributed by atoms with van der Waals surface area (Å²) in [5.41, 5.74) is 7.03. The van der Waals surface area contributed by atoms with Gasteiger partial charge in [-0.25, -0.2) is 0 Å². The standard InChI is InChI=1S/C14H20N2O3/c1-4-16-13(17)10(3)19-14(18)9(2)11-6-5-7-12(15)8-11/h5-10H,4,15H2,1-3H3,(H,16,17). The van der Waals surface area contributed by atoms with Gasteiger partial charge in [0.2, 0.25) is 0 Å². The zero-order valence-corrected chi connectivity index (χ0v) is 11.5. The molecule has 5 nitrogen and oxygen atoms in total. The van der Waals surface area contributed by atoms with Gasteiger partial charge < -0.3 is 15.8 Å². The summed E-state index contributed by atoms with van der Waals surface area (Å²) in [7, 11) is 0. The molecule has 0 radical (unpaired) electrons. The minimum Gasteiger partial charge on any atom is -0.452 e. The van der Waals surface area contributed by atoms with Gasteiger partial charge >= 0.3 is 5.97 Å². The SMILES string of the molecule is CCNC(=O)C(C)OC(=O)C(C)c1cccc(N)c1. The zero-order chi connectivity index (χ0) is 14.4. The van der Waals surface area contributed by atoms with Crippen LogP contribution in [0.25, 0.3) is 0 Å². The van der Waals surface area contributed by atoms with Crippen molar-refractivity contribution < 1.29 is 14.3 Å². The molecule has 104 valence electrons. The molecule has 0 heterocycles. The van der Waals surface area contributed by atoms with E-state index in [2.05, 4.69) is 5.32 Å². The second kappa shape index (κ2) is 6.78. The van der Waals surface area contributed by atoms with Crippen LogP contribution in [0.4, 0.5) is 5.69 Å². The molecule has 2 atom stereocenters. The summed E-state index contributed by atoms with van der Waals surface area (Å²) in [6.07, 6.45) is -0.795. The largest absolute Gasteiger partial charge is 0.452 e. The third kappa shape index (κ3) is 4.28. The van der Waals surface area contributed by atoms with Gasteiger partial charge in [-0.3, -0.25) is 9.59 Å². The van der Waals surface area contributed by atoms with Crippen molar-refractivity contribution in [1.82, 2.24) is 5.32 Å². The van der Waals surface area contributed by atoms with Gasteiger partial charge in [0.15, 0.2) is 6.10 Å². The van der Waals surface area contributed by atoms with Crippen LogP contribution in [0.15, 0.2) is 24.3 Å². The number of nitrogen functional groups attached to an aromatic ring is 1. The van der Waals surface area contributed by atoms with E-state index in [-0.39, 0.29) is 5.91 Å². The summed E-state index contributed by atoms with van der Waals surface area (Å²) in [5, 5.41) is 2.60. The van der Waals surface area contributed by atoms with Gasteiger partial charge in [-0.05, 0) is 38.5 Å². The van der Waals surface area contributed by atoms with Crippen molar-refractivity contribution in [2.24, 2.45) is 0 Å². The monoisotopic (exact) mass is 264 g/mol. The summed E-state index contributed by atoms with van der Waals surface area (Å²) in [6, 6.07) is 7.06. The summed E-state index contributed by atoms with van der Waals surface area (Å²) in [6.45, 7) is 5.59. The Hall–Kier alpha value is -2.04. The van der Waals surface area contributed by atoms with E-state index in [1.165, 1.54) is 0 Å². The first-order valence-corrected chi connectivity index (χ1v) is 6.29. The van der Waals surface area contributed by atoms with Crippen molar-refractivity contribution >= 4 is 17.6 Å². The van der Waals surface area contributed by atoms with Crippen LogP contribution in [0.2, 0.25) is 0 Å². The zero-order valence-electron chi connectivity index (χ0n) is 11.5. The molecule has 0 aliphatic carbocycles. The molecular formula is C14H20N2O3. The van der Waals surface area contributed by atoms with E-state index in [0.29, 0.717) is 12.2 Å². The molecule has 5 heteroatoms. The Balaban J connectivity index is 2.65. The maximum absolute atomic E-state index is 11.9. The molecule has 0 aliphatic heterocycles. The van der Waals surface area contributed by atoms with Crippen molar-refractivity contribution in [1.29, 1.82) is 0 Å². The molecule has 0 aliphatic rings. The number of rotatable bonds is 5. The summed E-state index contributed by atoms with van der Waals surface area (Å²) in [5.74, 6) is -1.19. The second-order valence-electron chi connectivity index (χ2n) is 4.37. The number of amides is 1. The molecule has 0 aromatic heterocycles. The quantitative estimate of drug-likeness (QED) is 0.623. The molecular weight excluding hydrogens is 244 g/mol. The lowest BCUT2D eigenvalue weighted by Crippen LogP contribution is -2.36. The number of hydrogen-bond acceptors (Lipinski definition) is 4. The highest BCUT2D eigenvalue weighted by Gasteiger charge is 2.22. The molecule has 19 heavy (non-hydrogen) atoms. The number of carbonyl (C=O) groups is 2. The molecule has 0 saturated carbocycles. The van der Waals surface area contributed by atoms with Crippen LogP contribution < -0.4 is 11.1 Å². The van der Waals surface area contributed by atoms with Gasteiger partial charge in [0.25, 0.3) is 5.91 Å². The number of likely N-dealkylation sites (N-methyl/N-ethyl adjacent to an activating group) is 1. The van der Waals surface area contributed by atoms with Crippen molar-refractivity contribution in [3.05, 3.63) is 29.8 Å². The highest BCUT2D eigenvalue weighted by atomic mass is 16.5. The molecule has 2 unspecified atom stereocenters. The maximum atomic E-state index is 11.9. The predicted molar refractivity (Wildman–Crippen MR) is 73.5 cm³/mol. The Morgan fingerprint density at radius 2 is 2.05 bits per heavy atom. The highest BCUT2D eigenvalue weighted by molar-refractivity contribution is 5.85. The molecule has 0 saturated heterocycles. The van der Waals surface area contributed by atoms with Crippen LogP contribution in [0.3, 0.4) is 0 Å². The van der Waals surface area contributed by atoms with Gasteiger partial charge in [-0.15, -0.1) is 0 Å². The fourth-order valence-electron chi connectivity index (χ4n) is 1.61. The van der Waals surface area contributed by atoms with E-state index in [1.54, 1.807) is 38.1 Å². The summed E-state index contributed by atoms with van der Waals surface area (Å²) >= 11 is 0. The van der Waals surface area contributed by atoms with E-state index in [9.17, 15) is 9.59 Å². The lowest BCUT2D eigenvalue weighted by molar-refractivity contribution is -0.155. The number of ether oxygens (including phenoxy) is 1. The predicted octanol–water partition coefficient (Wildman–Crippen LogP) is 1.44. The Labute approximate surface area is 113 Å². The molecule has 1 aromatic carbocycles. The number of nitrogens with one attached hydrogen (secondary N) is 1. The van der Waals surface area contributed by atoms with Crippen LogP contribution in [-0.2, 0) is 14.3 Å². The molecule has 1 rings (SSSR count).